The van der Waals surface area contributed by atoms with Crippen LogP contribution in [0.3, 0.4) is 0 Å². The van der Waals surface area contributed by atoms with Gasteiger partial charge in [-0.15, -0.1) is 0 Å². The first-order valence-corrected chi connectivity index (χ1v) is 36.8. The second-order valence-corrected chi connectivity index (χ2v) is 25.2. The van der Waals surface area contributed by atoms with E-state index in [1.165, 1.54) is 315 Å². The summed E-state index contributed by atoms with van der Waals surface area (Å²) in [6.07, 6.45) is 86.4. The van der Waals surface area contributed by atoms with Crippen molar-refractivity contribution >= 4 is 17.9 Å². The van der Waals surface area contributed by atoms with Gasteiger partial charge in [0.2, 0.25) is 0 Å². The van der Waals surface area contributed by atoms with Gasteiger partial charge in [0, 0.05) is 19.3 Å². The third-order valence-electron chi connectivity index (χ3n) is 16.9. The van der Waals surface area contributed by atoms with E-state index < -0.39 is 6.10 Å². The molecule has 6 heteroatoms. The fourth-order valence-corrected chi connectivity index (χ4v) is 11.4. The van der Waals surface area contributed by atoms with E-state index in [1.54, 1.807) is 0 Å². The fraction of sp³-hybridized carbons (Fsp3) is 0.907. The van der Waals surface area contributed by atoms with Gasteiger partial charge in [0.15, 0.2) is 6.10 Å². The average Bonchev–Trinajstić information content (AvgIpc) is 3.47. The van der Waals surface area contributed by atoms with Crippen LogP contribution in [0.4, 0.5) is 0 Å². The lowest BCUT2D eigenvalue weighted by molar-refractivity contribution is -0.167. The number of esters is 3. The highest BCUT2D eigenvalue weighted by Crippen LogP contribution is 2.19. The summed E-state index contributed by atoms with van der Waals surface area (Å²) in [6.45, 7) is 6.72. The van der Waals surface area contributed by atoms with Gasteiger partial charge in [0.1, 0.15) is 13.2 Å². The molecule has 0 aliphatic heterocycles. The van der Waals surface area contributed by atoms with Gasteiger partial charge in [-0.1, -0.05) is 353 Å². The minimum atomic E-state index is -0.774. The van der Waals surface area contributed by atoms with Crippen LogP contribution in [0.5, 0.6) is 0 Å². The molecule has 0 fully saturated rings. The van der Waals surface area contributed by atoms with Crippen molar-refractivity contribution in [1.29, 1.82) is 0 Å². The van der Waals surface area contributed by atoms with Crippen molar-refractivity contribution in [2.75, 3.05) is 13.2 Å². The average molecular weight is 1140 g/mol. The molecule has 0 aliphatic carbocycles. The Kier molecular flexibility index (Phi) is 68.5. The first kappa shape index (κ1) is 78.9. The van der Waals surface area contributed by atoms with Gasteiger partial charge in [-0.2, -0.15) is 0 Å². The highest BCUT2D eigenvalue weighted by atomic mass is 16.6. The Labute approximate surface area is 506 Å². The molecule has 1 unspecified atom stereocenters. The molecule has 0 aromatic carbocycles. The minimum Gasteiger partial charge on any atom is -0.462 e. The molecule has 478 valence electrons. The zero-order valence-corrected chi connectivity index (χ0v) is 55.1. The van der Waals surface area contributed by atoms with Crippen LogP contribution < -0.4 is 0 Å². The van der Waals surface area contributed by atoms with Crippen molar-refractivity contribution in [2.45, 2.75) is 425 Å². The molecule has 0 saturated heterocycles. The third-order valence-corrected chi connectivity index (χ3v) is 16.9. The van der Waals surface area contributed by atoms with Crippen LogP contribution in [0.1, 0.15) is 419 Å². The molecule has 0 aliphatic rings. The molecular formula is C75H142O6. The first-order valence-electron chi connectivity index (χ1n) is 36.8. The fourth-order valence-electron chi connectivity index (χ4n) is 11.4. The summed E-state index contributed by atoms with van der Waals surface area (Å²) in [6, 6.07) is 0. The summed E-state index contributed by atoms with van der Waals surface area (Å²) in [7, 11) is 0. The maximum Gasteiger partial charge on any atom is 0.306 e. The normalized spacial score (nSPS) is 12.1. The standard InChI is InChI=1S/C75H142O6/c1-4-7-10-13-16-19-22-25-28-31-33-35-37-39-40-42-44-47-50-53-56-59-62-65-68-74(77)80-71-72(70-79-73(76)67-64-61-58-55-52-49-46-30-27-24-21-18-15-12-9-6-3)81-75(78)69-66-63-60-57-54-51-48-45-43-41-38-36-34-32-29-26-23-20-17-14-11-8-5-2/h30,32,34,46,72H,4-29,31,33,35-45,47-71H2,1-3H3/b34-32-,46-30-. The topological polar surface area (TPSA) is 78.9 Å². The van der Waals surface area contributed by atoms with Crippen molar-refractivity contribution in [3.8, 4) is 0 Å². The lowest BCUT2D eigenvalue weighted by Crippen LogP contribution is -2.30. The Balaban J connectivity index is 4.27. The second kappa shape index (κ2) is 70.4. The van der Waals surface area contributed by atoms with E-state index in [0.717, 1.165) is 64.2 Å². The largest absolute Gasteiger partial charge is 0.462 e. The summed E-state index contributed by atoms with van der Waals surface area (Å²) in [4.78, 5) is 38.5. The van der Waals surface area contributed by atoms with Gasteiger partial charge in [0.05, 0.1) is 0 Å². The van der Waals surface area contributed by atoms with Crippen LogP contribution in [-0.4, -0.2) is 37.2 Å². The molecule has 0 bridgehead atoms. The van der Waals surface area contributed by atoms with E-state index >= 15 is 0 Å². The van der Waals surface area contributed by atoms with Gasteiger partial charge in [-0.05, 0) is 70.6 Å². The molecule has 1 atom stereocenters. The number of hydrogen-bond donors (Lipinski definition) is 0. The minimum absolute atomic E-state index is 0.0683. The van der Waals surface area contributed by atoms with Crippen LogP contribution in [0.15, 0.2) is 24.3 Å². The molecule has 0 heterocycles. The van der Waals surface area contributed by atoms with E-state index in [0.29, 0.717) is 19.3 Å². The zero-order valence-electron chi connectivity index (χ0n) is 55.1. The van der Waals surface area contributed by atoms with Gasteiger partial charge in [-0.3, -0.25) is 14.4 Å². The summed E-state index contributed by atoms with van der Waals surface area (Å²) in [5, 5.41) is 0. The van der Waals surface area contributed by atoms with Crippen molar-refractivity contribution in [2.24, 2.45) is 0 Å². The Morgan fingerprint density at radius 2 is 0.407 bits per heavy atom. The number of ether oxygens (including phenoxy) is 3. The van der Waals surface area contributed by atoms with Crippen LogP contribution in [0.2, 0.25) is 0 Å². The highest BCUT2D eigenvalue weighted by molar-refractivity contribution is 5.71. The maximum absolute atomic E-state index is 13.0. The molecule has 0 spiro atoms. The number of carbonyl (C=O) groups excluding carboxylic acids is 3. The van der Waals surface area contributed by atoms with Gasteiger partial charge >= 0.3 is 17.9 Å². The Hall–Kier alpha value is -2.11. The number of carbonyl (C=O) groups is 3. The van der Waals surface area contributed by atoms with Gasteiger partial charge < -0.3 is 14.2 Å². The molecule has 0 aromatic rings. The molecule has 0 rings (SSSR count). The SMILES string of the molecule is CCCCCCCCC/C=C\CCCCCCCC(=O)OCC(COC(=O)CCCCCCCCCCCCCCCCCCCCCCCCCC)OC(=O)CCCCCCCCCCCCC/C=C\CCCCCCCCCC. The van der Waals surface area contributed by atoms with Crippen molar-refractivity contribution in [1.82, 2.24) is 0 Å². The third kappa shape index (κ3) is 68.6. The van der Waals surface area contributed by atoms with Crippen LogP contribution >= 0.6 is 0 Å². The van der Waals surface area contributed by atoms with E-state index in [2.05, 4.69) is 45.1 Å². The molecule has 0 amide bonds. The molecule has 6 nitrogen and oxygen atoms in total. The van der Waals surface area contributed by atoms with Gasteiger partial charge in [-0.25, -0.2) is 0 Å². The van der Waals surface area contributed by atoms with E-state index in [9.17, 15) is 14.4 Å². The van der Waals surface area contributed by atoms with E-state index in [-0.39, 0.29) is 31.1 Å². The molecule has 0 aromatic heterocycles. The molecule has 81 heavy (non-hydrogen) atoms. The number of hydrogen-bond acceptors (Lipinski definition) is 6. The second-order valence-electron chi connectivity index (χ2n) is 25.2. The van der Waals surface area contributed by atoms with Crippen molar-refractivity contribution < 1.29 is 28.6 Å². The predicted molar refractivity (Wildman–Crippen MR) is 353 cm³/mol. The van der Waals surface area contributed by atoms with Crippen molar-refractivity contribution in [3.63, 3.8) is 0 Å². The van der Waals surface area contributed by atoms with Crippen molar-refractivity contribution in [3.05, 3.63) is 24.3 Å². The van der Waals surface area contributed by atoms with E-state index in [1.807, 2.05) is 0 Å². The Morgan fingerprint density at radius 1 is 0.235 bits per heavy atom. The summed E-state index contributed by atoms with van der Waals surface area (Å²) in [5.41, 5.74) is 0. The molecule has 0 N–H and O–H groups in total. The first-order chi connectivity index (χ1) is 40.0. The van der Waals surface area contributed by atoms with Gasteiger partial charge in [0.25, 0.3) is 0 Å². The quantitative estimate of drug-likeness (QED) is 0.0261. The Bertz CT molecular complexity index is 1310. The molecule has 0 radical (unpaired) electrons. The predicted octanol–water partition coefficient (Wildman–Crippen LogP) is 25.3. The van der Waals surface area contributed by atoms with Crippen LogP contribution in [-0.2, 0) is 28.6 Å². The molecule has 0 saturated carbocycles. The monoisotopic (exact) mass is 1140 g/mol. The highest BCUT2D eigenvalue weighted by Gasteiger charge is 2.19. The van der Waals surface area contributed by atoms with Crippen LogP contribution in [0, 0.1) is 0 Å². The van der Waals surface area contributed by atoms with Crippen LogP contribution in [0.25, 0.3) is 0 Å². The summed E-state index contributed by atoms with van der Waals surface area (Å²) < 4.78 is 17.0. The number of rotatable bonds is 69. The lowest BCUT2D eigenvalue weighted by atomic mass is 10.0. The maximum atomic E-state index is 13.0. The zero-order chi connectivity index (χ0) is 58.5. The summed E-state index contributed by atoms with van der Waals surface area (Å²) in [5.74, 6) is -0.844. The number of unbranched alkanes of at least 4 members (excludes halogenated alkanes) is 54. The van der Waals surface area contributed by atoms with E-state index in [4.69, 9.17) is 14.2 Å². The molecular weight excluding hydrogens is 997 g/mol. The number of allylic oxidation sites excluding steroid dienone is 4. The smallest absolute Gasteiger partial charge is 0.306 e. The Morgan fingerprint density at radius 3 is 0.617 bits per heavy atom. The summed E-state index contributed by atoms with van der Waals surface area (Å²) >= 11 is 0. The lowest BCUT2D eigenvalue weighted by Gasteiger charge is -2.18.